The summed E-state index contributed by atoms with van der Waals surface area (Å²) in [5, 5.41) is 25.4. The van der Waals surface area contributed by atoms with Crippen molar-refractivity contribution in [3.8, 4) is 5.88 Å². The van der Waals surface area contributed by atoms with Gasteiger partial charge in [-0.05, 0) is 30.3 Å². The van der Waals surface area contributed by atoms with Crippen molar-refractivity contribution in [1.29, 1.82) is 0 Å². The number of aromatic hydroxyl groups is 1. The maximum absolute atomic E-state index is 13.2. The molecule has 0 aliphatic rings. The van der Waals surface area contributed by atoms with Crippen molar-refractivity contribution in [3.63, 3.8) is 0 Å². The van der Waals surface area contributed by atoms with Gasteiger partial charge in [0.25, 0.3) is 25.7 Å². The Morgan fingerprint density at radius 3 is 2.00 bits per heavy atom. The van der Waals surface area contributed by atoms with E-state index >= 15 is 0 Å². The summed E-state index contributed by atoms with van der Waals surface area (Å²) in [6, 6.07) is 17.4. The number of rotatable bonds is 6. The quantitative estimate of drug-likeness (QED) is 0.245. The predicted molar refractivity (Wildman–Crippen MR) is 117 cm³/mol. The van der Waals surface area contributed by atoms with Gasteiger partial charge in [-0.2, -0.15) is 8.42 Å². The fraction of sp³-hybridized carbons (Fsp3) is 0. The molecule has 13 heteroatoms. The van der Waals surface area contributed by atoms with Gasteiger partial charge in [0.1, 0.15) is 0 Å². The first-order valence-electron chi connectivity index (χ1n) is 9.18. The van der Waals surface area contributed by atoms with Crippen LogP contribution in [0.3, 0.4) is 0 Å². The first kappa shape index (κ1) is 22.1. The maximum Gasteiger partial charge on any atom is 0.299 e. The van der Waals surface area contributed by atoms with Crippen LogP contribution in [0.5, 0.6) is 5.88 Å². The van der Waals surface area contributed by atoms with Gasteiger partial charge < -0.3 is 5.11 Å². The molecule has 1 heterocycles. The summed E-state index contributed by atoms with van der Waals surface area (Å²) in [6.45, 7) is 0. The number of benzene rings is 3. The van der Waals surface area contributed by atoms with E-state index in [1.165, 1.54) is 48.5 Å². The van der Waals surface area contributed by atoms with Crippen LogP contribution in [0.2, 0.25) is 0 Å². The van der Waals surface area contributed by atoms with Gasteiger partial charge in [-0.25, -0.2) is 12.4 Å². The average molecular weight is 486 g/mol. The third-order valence-electron chi connectivity index (χ3n) is 4.64. The van der Waals surface area contributed by atoms with Crippen LogP contribution in [-0.2, 0) is 20.0 Å². The molecule has 0 unspecified atom stereocenters. The second-order valence-corrected chi connectivity index (χ2v) is 10.1. The van der Waals surface area contributed by atoms with Gasteiger partial charge in [0.05, 0.1) is 20.2 Å². The molecule has 0 saturated carbocycles. The first-order chi connectivity index (χ1) is 15.6. The lowest BCUT2D eigenvalue weighted by Crippen LogP contribution is -2.12. The number of aromatic nitrogens is 1. The van der Waals surface area contributed by atoms with Crippen LogP contribution in [-0.4, -0.2) is 30.8 Å². The predicted octanol–water partition coefficient (Wildman–Crippen LogP) is 3.96. The monoisotopic (exact) mass is 486 g/mol. The second kappa shape index (κ2) is 8.11. The van der Waals surface area contributed by atoms with Crippen molar-refractivity contribution in [2.75, 3.05) is 0 Å². The van der Waals surface area contributed by atoms with E-state index in [1.54, 1.807) is 12.1 Å². The number of sulfonamides is 1. The molecule has 1 N–H and O–H groups in total. The number of fused-ring (bicyclic) bond motifs is 1. The smallest absolute Gasteiger partial charge is 0.299 e. The Labute approximate surface area is 187 Å². The molecular formula is C20H14N4O7S2. The molecule has 4 aromatic rings. The molecule has 11 nitrogen and oxygen atoms in total. The second-order valence-electron chi connectivity index (χ2n) is 6.68. The lowest BCUT2D eigenvalue weighted by Gasteiger charge is -2.08. The number of nitro groups is 1. The van der Waals surface area contributed by atoms with Gasteiger partial charge in [-0.3, -0.25) is 10.1 Å². The lowest BCUT2D eigenvalue weighted by atomic mass is 10.2. The molecule has 0 amide bonds. The normalized spacial score (nSPS) is 12.4. The van der Waals surface area contributed by atoms with Crippen LogP contribution in [0.1, 0.15) is 0 Å². The van der Waals surface area contributed by atoms with Crippen LogP contribution >= 0.6 is 0 Å². The molecular weight excluding hydrogens is 472 g/mol. The van der Waals surface area contributed by atoms with E-state index in [9.17, 15) is 32.1 Å². The van der Waals surface area contributed by atoms with Crippen molar-refractivity contribution >= 4 is 42.3 Å². The SMILES string of the molecule is O=[N+]([O-])c1ccc2c(c1)c(N=NS(=O)(=O)c1ccccc1)c(O)n2S(=O)(=O)c1ccccc1. The fourth-order valence-electron chi connectivity index (χ4n) is 3.11. The summed E-state index contributed by atoms with van der Waals surface area (Å²) in [7, 11) is -8.66. The van der Waals surface area contributed by atoms with Gasteiger partial charge in [0, 0.05) is 17.5 Å². The minimum absolute atomic E-state index is 0.145. The summed E-state index contributed by atoms with van der Waals surface area (Å²) in [5.41, 5.74) is -1.11. The zero-order valence-corrected chi connectivity index (χ0v) is 18.1. The van der Waals surface area contributed by atoms with Crippen LogP contribution in [0.25, 0.3) is 10.9 Å². The third kappa shape index (κ3) is 3.94. The molecule has 0 bridgehead atoms. The molecule has 0 aliphatic carbocycles. The Balaban J connectivity index is 1.98. The largest absolute Gasteiger partial charge is 0.492 e. The van der Waals surface area contributed by atoms with Gasteiger partial charge in [-0.1, -0.05) is 40.9 Å². The Morgan fingerprint density at radius 1 is 0.848 bits per heavy atom. The molecule has 0 spiro atoms. The van der Waals surface area contributed by atoms with Gasteiger partial charge >= 0.3 is 0 Å². The molecule has 0 radical (unpaired) electrons. The molecule has 0 saturated heterocycles. The summed E-state index contributed by atoms with van der Waals surface area (Å²) < 4.78 is 55.2. The van der Waals surface area contributed by atoms with Crippen molar-refractivity contribution < 1.29 is 26.9 Å². The number of hydrogen-bond acceptors (Lipinski definition) is 8. The summed E-state index contributed by atoms with van der Waals surface area (Å²) in [5.74, 6) is -0.943. The first-order valence-corrected chi connectivity index (χ1v) is 12.1. The number of non-ortho nitro benzene ring substituents is 1. The highest BCUT2D eigenvalue weighted by molar-refractivity contribution is 7.90. The van der Waals surface area contributed by atoms with Crippen molar-refractivity contribution in [1.82, 2.24) is 3.97 Å². The third-order valence-corrected chi connectivity index (χ3v) is 7.52. The van der Waals surface area contributed by atoms with Crippen LogP contribution in [0.4, 0.5) is 11.4 Å². The molecule has 0 atom stereocenters. The average Bonchev–Trinajstić information content (AvgIpc) is 3.09. The van der Waals surface area contributed by atoms with Crippen molar-refractivity contribution in [3.05, 3.63) is 89.0 Å². The fourth-order valence-corrected chi connectivity index (χ4v) is 5.34. The van der Waals surface area contributed by atoms with E-state index in [1.807, 2.05) is 0 Å². The topological polar surface area (TPSA) is 161 Å². The maximum atomic E-state index is 13.2. The standard InChI is InChI=1S/C20H14N4O7S2/c25-20-19(21-22-32(28,29)15-7-3-1-4-8-15)17-13-14(24(26)27)11-12-18(17)23(20)33(30,31)16-9-5-2-6-10-16/h1-13,25H. The zero-order chi connectivity index (χ0) is 23.8. The lowest BCUT2D eigenvalue weighted by molar-refractivity contribution is -0.384. The van der Waals surface area contributed by atoms with E-state index in [0.717, 1.165) is 18.2 Å². The van der Waals surface area contributed by atoms with E-state index in [2.05, 4.69) is 9.63 Å². The van der Waals surface area contributed by atoms with E-state index in [-0.39, 0.29) is 20.7 Å². The van der Waals surface area contributed by atoms with Crippen molar-refractivity contribution in [2.24, 2.45) is 9.63 Å². The minimum Gasteiger partial charge on any atom is -0.492 e. The highest BCUT2D eigenvalue weighted by Crippen LogP contribution is 2.42. The van der Waals surface area contributed by atoms with Crippen LogP contribution in [0.15, 0.2) is 98.3 Å². The highest BCUT2D eigenvalue weighted by atomic mass is 32.2. The Morgan fingerprint density at radius 2 is 1.42 bits per heavy atom. The van der Waals surface area contributed by atoms with Gasteiger partial charge in [-0.15, -0.1) is 5.11 Å². The van der Waals surface area contributed by atoms with Crippen LogP contribution < -0.4 is 0 Å². The van der Waals surface area contributed by atoms with Gasteiger partial charge in [0.2, 0.25) is 5.88 Å². The summed E-state index contributed by atoms with van der Waals surface area (Å²) >= 11 is 0. The van der Waals surface area contributed by atoms with E-state index < -0.39 is 42.2 Å². The molecule has 0 aliphatic heterocycles. The minimum atomic E-state index is -4.37. The molecule has 33 heavy (non-hydrogen) atoms. The molecule has 4 rings (SSSR count). The number of hydrogen-bond donors (Lipinski definition) is 1. The Hall–Kier alpha value is -4.10. The van der Waals surface area contributed by atoms with Gasteiger partial charge in [0.15, 0.2) is 5.69 Å². The Bertz CT molecular complexity index is 1610. The van der Waals surface area contributed by atoms with E-state index in [0.29, 0.717) is 3.97 Å². The Kier molecular flexibility index (Phi) is 5.43. The molecule has 1 aromatic heterocycles. The van der Waals surface area contributed by atoms with E-state index in [4.69, 9.17) is 0 Å². The van der Waals surface area contributed by atoms with Crippen molar-refractivity contribution in [2.45, 2.75) is 9.79 Å². The summed E-state index contributed by atoms with van der Waals surface area (Å²) in [4.78, 5) is 10.2. The number of nitrogens with zero attached hydrogens (tertiary/aromatic N) is 4. The van der Waals surface area contributed by atoms with Crippen LogP contribution in [0, 0.1) is 10.1 Å². The molecule has 168 valence electrons. The number of nitro benzene ring substituents is 1. The summed E-state index contributed by atoms with van der Waals surface area (Å²) in [6.07, 6.45) is 0. The molecule has 0 fully saturated rings. The molecule has 3 aromatic carbocycles. The zero-order valence-electron chi connectivity index (χ0n) is 16.5. The highest BCUT2D eigenvalue weighted by Gasteiger charge is 2.29.